The van der Waals surface area contributed by atoms with Gasteiger partial charge in [-0.05, 0) is 0 Å². The highest BCUT2D eigenvalue weighted by molar-refractivity contribution is 9.09. The molecule has 0 aromatic rings. The van der Waals surface area contributed by atoms with Gasteiger partial charge in [0, 0.05) is 20.8 Å². The third-order valence-electron chi connectivity index (χ3n) is 1.25. The van der Waals surface area contributed by atoms with Crippen LogP contribution < -0.4 is 5.32 Å². The second-order valence-electron chi connectivity index (χ2n) is 3.02. The van der Waals surface area contributed by atoms with Gasteiger partial charge in [0.15, 0.2) is 0 Å². The molecule has 0 bridgehead atoms. The molecule has 0 saturated carbocycles. The number of amides is 1. The summed E-state index contributed by atoms with van der Waals surface area (Å²) in [5.74, 6) is -3.49. The van der Waals surface area contributed by atoms with Crippen molar-refractivity contribution in [3.8, 4) is 0 Å². The van der Waals surface area contributed by atoms with Crippen LogP contribution in [0.3, 0.4) is 0 Å². The average molecular weight is 326 g/mol. The fourth-order valence-electron chi connectivity index (χ4n) is 0.911. The monoisotopic (exact) mass is 325 g/mol. The zero-order valence-electron chi connectivity index (χ0n) is 9.94. The minimum Gasteiger partial charge on any atom is -0.369 e. The normalized spacial score (nSPS) is 10.2. The Hall–Kier alpha value is -1.64. The molecule has 18 heavy (non-hydrogen) atoms. The van der Waals surface area contributed by atoms with Gasteiger partial charge in [-0.3, -0.25) is 19.2 Å². The Morgan fingerprint density at radius 2 is 1.28 bits per heavy atom. The molecule has 0 aromatic heterocycles. The highest BCUT2D eigenvalue weighted by Gasteiger charge is 2.44. The maximum absolute atomic E-state index is 11.2. The van der Waals surface area contributed by atoms with E-state index in [1.807, 2.05) is 5.32 Å². The van der Waals surface area contributed by atoms with Crippen LogP contribution in [0.25, 0.3) is 0 Å². The molecule has 9 heteroatoms. The quantitative estimate of drug-likeness (QED) is 0.423. The number of carbonyl (C=O) groups is 4. The molecule has 0 saturated heterocycles. The van der Waals surface area contributed by atoms with Gasteiger partial charge < -0.3 is 14.2 Å². The van der Waals surface area contributed by atoms with Crippen LogP contribution in [0.15, 0.2) is 0 Å². The molecule has 0 aromatic carbocycles. The Morgan fingerprint density at radius 1 is 0.944 bits per heavy atom. The summed E-state index contributed by atoms with van der Waals surface area (Å²) in [5, 5.41) is 1.78. The molecule has 0 heterocycles. The number of ether oxygens (including phenoxy) is 3. The van der Waals surface area contributed by atoms with Crippen LogP contribution in [0.2, 0.25) is 0 Å². The van der Waals surface area contributed by atoms with E-state index in [1.165, 1.54) is 0 Å². The van der Waals surface area contributed by atoms with E-state index in [2.05, 4.69) is 30.1 Å². The maximum Gasteiger partial charge on any atom is 0.526 e. The van der Waals surface area contributed by atoms with Gasteiger partial charge in [0.05, 0.1) is 5.33 Å². The Bertz CT molecular complexity index is 327. The van der Waals surface area contributed by atoms with Crippen molar-refractivity contribution in [2.24, 2.45) is 0 Å². The molecular weight excluding hydrogens is 314 g/mol. The first-order chi connectivity index (χ1) is 8.20. The number of alkyl halides is 1. The summed E-state index contributed by atoms with van der Waals surface area (Å²) >= 11 is 2.83. The van der Waals surface area contributed by atoms with E-state index in [0.717, 1.165) is 20.8 Å². The molecule has 0 rings (SSSR count). The fraction of sp³-hybridized carbons (Fsp3) is 0.556. The van der Waals surface area contributed by atoms with Gasteiger partial charge in [0.2, 0.25) is 5.91 Å². The van der Waals surface area contributed by atoms with Crippen LogP contribution in [0.1, 0.15) is 20.8 Å². The lowest BCUT2D eigenvalue weighted by Crippen LogP contribution is -2.57. The van der Waals surface area contributed by atoms with E-state index in [9.17, 15) is 19.2 Å². The van der Waals surface area contributed by atoms with Gasteiger partial charge in [0.25, 0.3) is 0 Å². The predicted molar refractivity (Wildman–Crippen MR) is 60.0 cm³/mol. The van der Waals surface area contributed by atoms with Crippen LogP contribution in [0.5, 0.6) is 0 Å². The smallest absolute Gasteiger partial charge is 0.369 e. The van der Waals surface area contributed by atoms with Gasteiger partial charge >= 0.3 is 24.0 Å². The van der Waals surface area contributed by atoms with Crippen LogP contribution in [0, 0.1) is 0 Å². The Balaban J connectivity index is 5.21. The van der Waals surface area contributed by atoms with Crippen molar-refractivity contribution in [1.29, 1.82) is 0 Å². The first kappa shape index (κ1) is 16.4. The molecule has 102 valence electrons. The summed E-state index contributed by atoms with van der Waals surface area (Å²) in [6, 6.07) is 0. The molecule has 0 fully saturated rings. The van der Waals surface area contributed by atoms with Crippen LogP contribution in [0.4, 0.5) is 0 Å². The van der Waals surface area contributed by atoms with Crippen molar-refractivity contribution in [2.45, 2.75) is 26.9 Å². The number of carbonyl (C=O) groups excluding carboxylic acids is 4. The van der Waals surface area contributed by atoms with Gasteiger partial charge in [0.1, 0.15) is 0 Å². The summed E-state index contributed by atoms with van der Waals surface area (Å²) < 4.78 is 13.7. The Kier molecular flexibility index (Phi) is 6.31. The summed E-state index contributed by atoms with van der Waals surface area (Å²) in [5.41, 5.74) is 0. The number of nitrogens with one attached hydrogen (secondary N) is 1. The van der Waals surface area contributed by atoms with Crippen molar-refractivity contribution in [2.75, 3.05) is 5.33 Å². The standard InChI is InChI=1S/C9H12BrNO7/c1-5(12)16-9(17-6(2)13,18-7(3)14)11-8(15)4-10/h4H2,1-3H3,(H,11,15). The Labute approximate surface area is 111 Å². The summed E-state index contributed by atoms with van der Waals surface area (Å²) in [6.45, 7) is 2.96. The molecule has 0 radical (unpaired) electrons. The third kappa shape index (κ3) is 6.18. The number of rotatable bonds is 5. The van der Waals surface area contributed by atoms with E-state index in [-0.39, 0.29) is 5.33 Å². The highest BCUT2D eigenvalue weighted by atomic mass is 79.9. The van der Waals surface area contributed by atoms with Crippen molar-refractivity contribution in [3.63, 3.8) is 0 Å². The zero-order valence-corrected chi connectivity index (χ0v) is 11.5. The lowest BCUT2D eigenvalue weighted by Gasteiger charge is -2.29. The highest BCUT2D eigenvalue weighted by Crippen LogP contribution is 2.14. The number of hydrogen-bond acceptors (Lipinski definition) is 7. The van der Waals surface area contributed by atoms with Crippen molar-refractivity contribution >= 4 is 39.7 Å². The molecule has 0 aliphatic heterocycles. The third-order valence-corrected chi connectivity index (χ3v) is 1.76. The molecule has 1 N–H and O–H groups in total. The zero-order chi connectivity index (χ0) is 14.3. The van der Waals surface area contributed by atoms with E-state index < -0.39 is 29.9 Å². The largest absolute Gasteiger partial charge is 0.526 e. The maximum atomic E-state index is 11.2. The number of esters is 3. The molecule has 1 amide bonds. The first-order valence-electron chi connectivity index (χ1n) is 4.66. The minimum absolute atomic E-state index is 0.182. The van der Waals surface area contributed by atoms with Gasteiger partial charge in [-0.15, -0.1) is 0 Å². The molecule has 8 nitrogen and oxygen atoms in total. The topological polar surface area (TPSA) is 108 Å². The number of halogens is 1. The molecule has 0 spiro atoms. The number of hydrogen-bond donors (Lipinski definition) is 1. The van der Waals surface area contributed by atoms with E-state index >= 15 is 0 Å². The van der Waals surface area contributed by atoms with Crippen LogP contribution >= 0.6 is 15.9 Å². The second kappa shape index (κ2) is 6.94. The fourth-order valence-corrected chi connectivity index (χ4v) is 1.05. The van der Waals surface area contributed by atoms with Crippen molar-refractivity contribution in [1.82, 2.24) is 5.32 Å². The molecule has 0 aliphatic carbocycles. The molecule has 0 aliphatic rings. The molecule has 0 unspecified atom stereocenters. The lowest BCUT2D eigenvalue weighted by molar-refractivity contribution is -0.338. The SMILES string of the molecule is CC(=O)OC(NC(=O)CBr)(OC(C)=O)OC(C)=O. The summed E-state index contributed by atoms with van der Waals surface area (Å²) in [6.07, 6.45) is -2.59. The van der Waals surface area contributed by atoms with E-state index in [1.54, 1.807) is 0 Å². The lowest BCUT2D eigenvalue weighted by atomic mass is 10.6. The summed E-state index contributed by atoms with van der Waals surface area (Å²) in [4.78, 5) is 44.0. The molecular formula is C9H12BrNO7. The van der Waals surface area contributed by atoms with E-state index in [0.29, 0.717) is 0 Å². The van der Waals surface area contributed by atoms with Gasteiger partial charge in [-0.1, -0.05) is 15.9 Å². The second-order valence-corrected chi connectivity index (χ2v) is 3.58. The van der Waals surface area contributed by atoms with Crippen molar-refractivity contribution in [3.05, 3.63) is 0 Å². The van der Waals surface area contributed by atoms with Gasteiger partial charge in [-0.2, -0.15) is 0 Å². The molecule has 0 atom stereocenters. The van der Waals surface area contributed by atoms with Crippen LogP contribution in [-0.4, -0.2) is 35.2 Å². The predicted octanol–water partition coefficient (Wildman–Crippen LogP) is -0.202. The van der Waals surface area contributed by atoms with Crippen LogP contribution in [-0.2, 0) is 33.4 Å². The summed E-state index contributed by atoms with van der Waals surface area (Å²) in [7, 11) is 0. The average Bonchev–Trinajstić information content (AvgIpc) is 2.12. The minimum atomic E-state index is -2.59. The van der Waals surface area contributed by atoms with E-state index in [4.69, 9.17) is 0 Å². The van der Waals surface area contributed by atoms with Gasteiger partial charge in [-0.25, -0.2) is 5.32 Å². The Morgan fingerprint density at radius 3 is 1.50 bits per heavy atom. The van der Waals surface area contributed by atoms with Crippen molar-refractivity contribution < 1.29 is 33.4 Å². The first-order valence-corrected chi connectivity index (χ1v) is 5.78.